The summed E-state index contributed by atoms with van der Waals surface area (Å²) in [6, 6.07) is 22.8. The van der Waals surface area contributed by atoms with E-state index in [1.54, 1.807) is 54.6 Å². The van der Waals surface area contributed by atoms with Gasteiger partial charge in [-0.05, 0) is 48.5 Å². The Hall–Kier alpha value is -4.03. The van der Waals surface area contributed by atoms with Crippen LogP contribution in [0.4, 0.5) is 0 Å². The van der Waals surface area contributed by atoms with Crippen LogP contribution < -0.4 is 10.6 Å². The van der Waals surface area contributed by atoms with Crippen molar-refractivity contribution in [3.05, 3.63) is 113 Å². The van der Waals surface area contributed by atoms with E-state index in [1.807, 2.05) is 24.3 Å². The van der Waals surface area contributed by atoms with Crippen molar-refractivity contribution in [3.8, 4) is 11.3 Å². The molecule has 2 aromatic heterocycles. The minimum absolute atomic E-state index is 0.0328. The highest BCUT2D eigenvalue weighted by Gasteiger charge is 2.16. The van der Waals surface area contributed by atoms with Gasteiger partial charge in [0.2, 0.25) is 0 Å². The van der Waals surface area contributed by atoms with Crippen molar-refractivity contribution in [2.24, 2.45) is 0 Å². The van der Waals surface area contributed by atoms with Gasteiger partial charge in [-0.3, -0.25) is 9.59 Å². The first-order chi connectivity index (χ1) is 15.6. The Kier molecular flexibility index (Phi) is 6.53. The summed E-state index contributed by atoms with van der Waals surface area (Å²) in [4.78, 5) is 25.5. The molecule has 0 spiro atoms. The zero-order valence-corrected chi connectivity index (χ0v) is 17.6. The number of rotatable bonds is 7. The van der Waals surface area contributed by atoms with Crippen LogP contribution in [0.3, 0.4) is 0 Å². The zero-order chi connectivity index (χ0) is 22.3. The Balaban J connectivity index is 1.59. The smallest absolute Gasteiger partial charge is 0.268 e. The predicted molar refractivity (Wildman–Crippen MR) is 122 cm³/mol. The van der Waals surface area contributed by atoms with Crippen LogP contribution in [0.15, 0.2) is 99.7 Å². The lowest BCUT2D eigenvalue weighted by Crippen LogP contribution is -2.34. The normalized spacial score (nSPS) is 11.2. The van der Waals surface area contributed by atoms with E-state index in [-0.39, 0.29) is 12.2 Å². The predicted octanol–water partition coefficient (Wildman–Crippen LogP) is 5.28. The second-order valence-corrected chi connectivity index (χ2v) is 7.23. The first-order valence-corrected chi connectivity index (χ1v) is 10.2. The lowest BCUT2D eigenvalue weighted by Gasteiger charge is -2.10. The third-order valence-corrected chi connectivity index (χ3v) is 4.91. The molecule has 2 N–H and O–H groups in total. The van der Waals surface area contributed by atoms with E-state index in [9.17, 15) is 9.59 Å². The highest BCUT2D eigenvalue weighted by atomic mass is 35.5. The number of carbonyl (C=O) groups excluding carboxylic acids is 2. The molecule has 0 saturated carbocycles. The molecule has 32 heavy (non-hydrogen) atoms. The summed E-state index contributed by atoms with van der Waals surface area (Å²) >= 11 is 6.25. The van der Waals surface area contributed by atoms with Crippen LogP contribution in [-0.2, 0) is 11.3 Å². The molecule has 0 unspecified atom stereocenters. The Morgan fingerprint density at radius 3 is 2.44 bits per heavy atom. The summed E-state index contributed by atoms with van der Waals surface area (Å²) in [5.41, 5.74) is 1.19. The maximum atomic E-state index is 12.8. The number of amides is 2. The van der Waals surface area contributed by atoms with Crippen molar-refractivity contribution >= 4 is 29.5 Å². The molecule has 0 atom stereocenters. The van der Waals surface area contributed by atoms with E-state index < -0.39 is 11.8 Å². The molecule has 2 heterocycles. The van der Waals surface area contributed by atoms with Crippen LogP contribution in [0.1, 0.15) is 21.9 Å². The standard InChI is InChI=1S/C25H19ClN2O4/c26-21-11-5-4-10-20(21)23-13-12-18(32-23)15-22(25(30)27-16-19-9-6-14-31-19)28-24(29)17-7-2-1-3-8-17/h1-15H,16H2,(H,27,30)(H,28,29)/b22-15-. The third kappa shape index (κ3) is 5.17. The topological polar surface area (TPSA) is 84.5 Å². The first-order valence-electron chi connectivity index (χ1n) is 9.83. The first kappa shape index (κ1) is 21.2. The number of hydrogen-bond acceptors (Lipinski definition) is 4. The van der Waals surface area contributed by atoms with Crippen molar-refractivity contribution in [3.63, 3.8) is 0 Å². The Morgan fingerprint density at radius 1 is 0.906 bits per heavy atom. The van der Waals surface area contributed by atoms with Crippen LogP contribution in [-0.4, -0.2) is 11.8 Å². The van der Waals surface area contributed by atoms with Crippen molar-refractivity contribution in [2.75, 3.05) is 0 Å². The zero-order valence-electron chi connectivity index (χ0n) is 16.9. The van der Waals surface area contributed by atoms with Gasteiger partial charge in [-0.15, -0.1) is 0 Å². The number of benzene rings is 2. The highest BCUT2D eigenvalue weighted by Crippen LogP contribution is 2.29. The van der Waals surface area contributed by atoms with Crippen LogP contribution in [0, 0.1) is 0 Å². The minimum Gasteiger partial charge on any atom is -0.467 e. The SMILES string of the molecule is O=C(NCc1ccco1)/C(=C/c1ccc(-c2ccccc2Cl)o1)NC(=O)c1ccccc1. The quantitative estimate of drug-likeness (QED) is 0.378. The molecule has 4 aromatic rings. The van der Waals surface area contributed by atoms with Crippen LogP contribution in [0.2, 0.25) is 5.02 Å². The summed E-state index contributed by atoms with van der Waals surface area (Å²) < 4.78 is 11.1. The Labute approximate surface area is 189 Å². The van der Waals surface area contributed by atoms with E-state index in [4.69, 9.17) is 20.4 Å². The molecule has 6 nitrogen and oxygen atoms in total. The van der Waals surface area contributed by atoms with Gasteiger partial charge in [-0.25, -0.2) is 0 Å². The molecule has 0 aliphatic rings. The molecule has 2 amide bonds. The fourth-order valence-corrected chi connectivity index (χ4v) is 3.23. The van der Waals surface area contributed by atoms with Gasteiger partial charge in [-0.2, -0.15) is 0 Å². The van der Waals surface area contributed by atoms with Gasteiger partial charge in [0.15, 0.2) is 0 Å². The molecule has 0 aliphatic carbocycles. The monoisotopic (exact) mass is 446 g/mol. The summed E-state index contributed by atoms with van der Waals surface area (Å²) in [5.74, 6) is 0.623. The summed E-state index contributed by atoms with van der Waals surface area (Å²) in [7, 11) is 0. The molecule has 0 radical (unpaired) electrons. The Bertz CT molecular complexity index is 1240. The minimum atomic E-state index is -0.485. The Morgan fingerprint density at radius 2 is 1.69 bits per heavy atom. The number of nitrogens with one attached hydrogen (secondary N) is 2. The molecule has 160 valence electrons. The van der Waals surface area contributed by atoms with Gasteiger partial charge >= 0.3 is 0 Å². The van der Waals surface area contributed by atoms with Gasteiger partial charge in [0.05, 0.1) is 17.8 Å². The van der Waals surface area contributed by atoms with Gasteiger partial charge in [0.25, 0.3) is 11.8 Å². The number of carbonyl (C=O) groups is 2. The second-order valence-electron chi connectivity index (χ2n) is 6.82. The molecule has 2 aromatic carbocycles. The summed E-state index contributed by atoms with van der Waals surface area (Å²) in [6.07, 6.45) is 2.99. The highest BCUT2D eigenvalue weighted by molar-refractivity contribution is 6.33. The van der Waals surface area contributed by atoms with Crippen molar-refractivity contribution in [1.82, 2.24) is 10.6 Å². The maximum Gasteiger partial charge on any atom is 0.268 e. The van der Waals surface area contributed by atoms with Crippen molar-refractivity contribution in [2.45, 2.75) is 6.54 Å². The average Bonchev–Trinajstić information content (AvgIpc) is 3.50. The van der Waals surface area contributed by atoms with Crippen LogP contribution in [0.5, 0.6) is 0 Å². The molecule has 0 fully saturated rings. The number of furan rings is 2. The molecule has 4 rings (SSSR count). The average molecular weight is 447 g/mol. The van der Waals surface area contributed by atoms with Crippen LogP contribution in [0.25, 0.3) is 17.4 Å². The van der Waals surface area contributed by atoms with Gasteiger partial charge < -0.3 is 19.5 Å². The second kappa shape index (κ2) is 9.85. The molecular weight excluding hydrogens is 428 g/mol. The lowest BCUT2D eigenvalue weighted by atomic mass is 10.2. The largest absolute Gasteiger partial charge is 0.467 e. The maximum absolute atomic E-state index is 12.8. The summed E-state index contributed by atoms with van der Waals surface area (Å²) in [5, 5.41) is 5.94. The molecular formula is C25H19ClN2O4. The molecule has 0 aliphatic heterocycles. The fourth-order valence-electron chi connectivity index (χ4n) is 3.00. The number of hydrogen-bond donors (Lipinski definition) is 2. The summed E-state index contributed by atoms with van der Waals surface area (Å²) in [6.45, 7) is 0.174. The van der Waals surface area contributed by atoms with Gasteiger partial charge in [0.1, 0.15) is 23.0 Å². The van der Waals surface area contributed by atoms with Crippen molar-refractivity contribution < 1.29 is 18.4 Å². The van der Waals surface area contributed by atoms with E-state index in [0.29, 0.717) is 27.9 Å². The van der Waals surface area contributed by atoms with E-state index in [2.05, 4.69) is 10.6 Å². The lowest BCUT2D eigenvalue weighted by molar-refractivity contribution is -0.118. The molecule has 0 bridgehead atoms. The van der Waals surface area contributed by atoms with Gasteiger partial charge in [0, 0.05) is 17.2 Å². The molecule has 0 saturated heterocycles. The van der Waals surface area contributed by atoms with E-state index >= 15 is 0 Å². The fraction of sp³-hybridized carbons (Fsp3) is 0.0400. The van der Waals surface area contributed by atoms with E-state index in [1.165, 1.54) is 12.3 Å². The van der Waals surface area contributed by atoms with Crippen LogP contribution >= 0.6 is 11.6 Å². The number of halogens is 1. The van der Waals surface area contributed by atoms with E-state index in [0.717, 1.165) is 5.56 Å². The third-order valence-electron chi connectivity index (χ3n) is 4.58. The molecule has 7 heteroatoms. The van der Waals surface area contributed by atoms with Crippen molar-refractivity contribution in [1.29, 1.82) is 0 Å². The van der Waals surface area contributed by atoms with Gasteiger partial charge in [-0.1, -0.05) is 41.9 Å².